The van der Waals surface area contributed by atoms with E-state index in [1.165, 1.54) is 33.6 Å². The van der Waals surface area contributed by atoms with Gasteiger partial charge in [0.1, 0.15) is 5.65 Å². The Bertz CT molecular complexity index is 1020. The molecule has 0 fully saturated rings. The van der Waals surface area contributed by atoms with Crippen molar-refractivity contribution >= 4 is 51.4 Å². The van der Waals surface area contributed by atoms with Crippen LogP contribution in [0.15, 0.2) is 33.5 Å². The molecule has 1 amide bonds. The number of nitrogens with one attached hydrogen (secondary N) is 1. The predicted octanol–water partition coefficient (Wildman–Crippen LogP) is 3.87. The van der Waals surface area contributed by atoms with E-state index in [4.69, 9.17) is 11.6 Å². The molecule has 0 aliphatic rings. The molecule has 0 aliphatic carbocycles. The number of hydrogen-bond acceptors (Lipinski definition) is 7. The minimum absolute atomic E-state index is 0.0201. The number of carbonyl (C=O) groups is 1. The molecule has 7 nitrogen and oxygen atoms in total. The van der Waals surface area contributed by atoms with Crippen LogP contribution in [0.5, 0.6) is 0 Å². The molecule has 0 atom stereocenters. The highest BCUT2D eigenvalue weighted by atomic mass is 35.5. The SMILES string of the molecule is CCC(CC)C(=O)Nc1nnc(SCc2cc(=O)n3cc(Cl)ccc3n2)s1. The minimum atomic E-state index is -0.187. The number of amides is 1. The Morgan fingerprint density at radius 3 is 2.85 bits per heavy atom. The number of aromatic nitrogens is 4. The summed E-state index contributed by atoms with van der Waals surface area (Å²) in [6, 6.07) is 4.88. The van der Waals surface area contributed by atoms with Crippen LogP contribution in [0.3, 0.4) is 0 Å². The van der Waals surface area contributed by atoms with Gasteiger partial charge in [-0.2, -0.15) is 0 Å². The first-order chi connectivity index (χ1) is 13.0. The fourth-order valence-corrected chi connectivity index (χ4v) is 4.33. The van der Waals surface area contributed by atoms with E-state index < -0.39 is 0 Å². The van der Waals surface area contributed by atoms with E-state index in [2.05, 4.69) is 20.5 Å². The van der Waals surface area contributed by atoms with Crippen LogP contribution in [0.2, 0.25) is 5.02 Å². The van der Waals surface area contributed by atoms with Gasteiger partial charge in [-0.25, -0.2) is 4.98 Å². The van der Waals surface area contributed by atoms with Crippen LogP contribution < -0.4 is 10.9 Å². The van der Waals surface area contributed by atoms with Crippen LogP contribution in [0.25, 0.3) is 5.65 Å². The summed E-state index contributed by atoms with van der Waals surface area (Å²) in [5.74, 6) is 0.424. The quantitative estimate of drug-likeness (QED) is 0.458. The van der Waals surface area contributed by atoms with Crippen molar-refractivity contribution in [2.75, 3.05) is 5.32 Å². The van der Waals surface area contributed by atoms with Crippen molar-refractivity contribution in [3.63, 3.8) is 0 Å². The fourth-order valence-electron chi connectivity index (χ4n) is 2.52. The lowest BCUT2D eigenvalue weighted by Gasteiger charge is -2.09. The average Bonchev–Trinajstić information content (AvgIpc) is 3.09. The highest BCUT2D eigenvalue weighted by molar-refractivity contribution is 8.00. The van der Waals surface area contributed by atoms with E-state index >= 15 is 0 Å². The molecule has 1 N–H and O–H groups in total. The Morgan fingerprint density at radius 2 is 2.11 bits per heavy atom. The molecule has 3 rings (SSSR count). The van der Waals surface area contributed by atoms with E-state index in [0.29, 0.717) is 31.6 Å². The molecule has 3 aromatic heterocycles. The molecule has 0 saturated heterocycles. The molecular weight excluding hydrogens is 406 g/mol. The first-order valence-electron chi connectivity index (χ1n) is 8.45. The average molecular weight is 424 g/mol. The molecule has 3 heterocycles. The number of anilines is 1. The molecule has 0 unspecified atom stereocenters. The van der Waals surface area contributed by atoms with Gasteiger partial charge in [0.25, 0.3) is 5.56 Å². The predicted molar refractivity (Wildman–Crippen MR) is 109 cm³/mol. The number of halogens is 1. The molecule has 10 heteroatoms. The summed E-state index contributed by atoms with van der Waals surface area (Å²) in [6.45, 7) is 3.98. The Balaban J connectivity index is 1.66. The van der Waals surface area contributed by atoms with E-state index in [-0.39, 0.29) is 17.4 Å². The topological polar surface area (TPSA) is 89.2 Å². The molecule has 0 saturated carbocycles. The third-order valence-corrected chi connectivity index (χ3v) is 6.24. The normalized spacial score (nSPS) is 11.3. The summed E-state index contributed by atoms with van der Waals surface area (Å²) < 4.78 is 2.11. The largest absolute Gasteiger partial charge is 0.300 e. The first kappa shape index (κ1) is 19.8. The van der Waals surface area contributed by atoms with Gasteiger partial charge in [-0.3, -0.25) is 14.0 Å². The second-order valence-electron chi connectivity index (χ2n) is 5.83. The number of rotatable bonds is 7. The Labute approximate surface area is 169 Å². The zero-order valence-electron chi connectivity index (χ0n) is 14.8. The third kappa shape index (κ3) is 4.85. The van der Waals surface area contributed by atoms with Gasteiger partial charge in [0, 0.05) is 23.9 Å². The van der Waals surface area contributed by atoms with Gasteiger partial charge in [0.05, 0.1) is 10.7 Å². The van der Waals surface area contributed by atoms with Gasteiger partial charge in [-0.1, -0.05) is 48.5 Å². The van der Waals surface area contributed by atoms with Crippen LogP contribution in [-0.2, 0) is 10.5 Å². The van der Waals surface area contributed by atoms with Crippen molar-refractivity contribution in [2.45, 2.75) is 36.8 Å². The second-order valence-corrected chi connectivity index (χ2v) is 8.46. The molecular formula is C17H18ClN5O2S2. The summed E-state index contributed by atoms with van der Waals surface area (Å²) in [7, 11) is 0. The van der Waals surface area contributed by atoms with Gasteiger partial charge >= 0.3 is 0 Å². The Morgan fingerprint density at radius 1 is 1.33 bits per heavy atom. The maximum Gasteiger partial charge on any atom is 0.258 e. The third-order valence-electron chi connectivity index (χ3n) is 4.01. The van der Waals surface area contributed by atoms with Gasteiger partial charge in [0.15, 0.2) is 4.34 Å². The number of carbonyl (C=O) groups excluding carboxylic acids is 1. The zero-order chi connectivity index (χ0) is 19.4. The number of nitrogens with zero attached hydrogens (tertiary/aromatic N) is 4. The van der Waals surface area contributed by atoms with Crippen LogP contribution in [0.1, 0.15) is 32.4 Å². The van der Waals surface area contributed by atoms with Crippen LogP contribution in [-0.4, -0.2) is 25.5 Å². The van der Waals surface area contributed by atoms with E-state index in [1.54, 1.807) is 18.3 Å². The number of fused-ring (bicyclic) bond motifs is 1. The van der Waals surface area contributed by atoms with E-state index in [0.717, 1.165) is 12.8 Å². The molecule has 142 valence electrons. The van der Waals surface area contributed by atoms with Crippen molar-refractivity contribution in [3.05, 3.63) is 45.5 Å². The fraction of sp³-hybridized carbons (Fsp3) is 0.353. The molecule has 27 heavy (non-hydrogen) atoms. The van der Waals surface area contributed by atoms with E-state index in [1.807, 2.05) is 13.8 Å². The van der Waals surface area contributed by atoms with Crippen molar-refractivity contribution in [1.82, 2.24) is 19.6 Å². The maximum atomic E-state index is 12.2. The maximum absolute atomic E-state index is 12.2. The molecule has 3 aromatic rings. The monoisotopic (exact) mass is 423 g/mol. The van der Waals surface area contributed by atoms with Crippen molar-refractivity contribution < 1.29 is 4.79 Å². The molecule has 0 aromatic carbocycles. The van der Waals surface area contributed by atoms with Crippen molar-refractivity contribution in [1.29, 1.82) is 0 Å². The molecule has 0 aliphatic heterocycles. The van der Waals surface area contributed by atoms with Crippen LogP contribution in [0, 0.1) is 5.92 Å². The van der Waals surface area contributed by atoms with Crippen LogP contribution in [0.4, 0.5) is 5.13 Å². The van der Waals surface area contributed by atoms with Crippen molar-refractivity contribution in [3.8, 4) is 0 Å². The summed E-state index contributed by atoms with van der Waals surface area (Å²) in [6.07, 6.45) is 3.12. The first-order valence-corrected chi connectivity index (χ1v) is 10.6. The van der Waals surface area contributed by atoms with E-state index in [9.17, 15) is 9.59 Å². The van der Waals surface area contributed by atoms with Gasteiger partial charge in [-0.15, -0.1) is 10.2 Å². The number of pyridine rings is 1. The summed E-state index contributed by atoms with van der Waals surface area (Å²) >= 11 is 8.64. The molecule has 0 radical (unpaired) electrons. The van der Waals surface area contributed by atoms with Gasteiger partial charge < -0.3 is 5.32 Å². The Hall–Kier alpha value is -1.97. The summed E-state index contributed by atoms with van der Waals surface area (Å²) in [4.78, 5) is 28.8. The number of thioether (sulfide) groups is 1. The highest BCUT2D eigenvalue weighted by Gasteiger charge is 2.16. The lowest BCUT2D eigenvalue weighted by Crippen LogP contribution is -2.21. The summed E-state index contributed by atoms with van der Waals surface area (Å²) in [5, 5.41) is 11.9. The minimum Gasteiger partial charge on any atom is -0.300 e. The number of hydrogen-bond donors (Lipinski definition) is 1. The lowest BCUT2D eigenvalue weighted by molar-refractivity contribution is -0.120. The zero-order valence-corrected chi connectivity index (χ0v) is 17.2. The smallest absolute Gasteiger partial charge is 0.258 e. The molecule has 0 spiro atoms. The van der Waals surface area contributed by atoms with Crippen molar-refractivity contribution in [2.24, 2.45) is 5.92 Å². The van der Waals surface area contributed by atoms with Gasteiger partial charge in [0.2, 0.25) is 11.0 Å². The van der Waals surface area contributed by atoms with Crippen LogP contribution >= 0.6 is 34.7 Å². The summed E-state index contributed by atoms with van der Waals surface area (Å²) in [5.41, 5.74) is 0.997. The molecule has 0 bridgehead atoms. The standard InChI is InChI=1S/C17H18ClN5O2S2/c1-3-10(4-2)15(25)20-16-21-22-17(27-16)26-9-12-7-14(24)23-8-11(18)5-6-13(23)19-12/h5-8,10H,3-4,9H2,1-2H3,(H,20,21,25). The lowest BCUT2D eigenvalue weighted by atomic mass is 10.0. The van der Waals surface area contributed by atoms with Gasteiger partial charge in [-0.05, 0) is 25.0 Å². The second kappa shape index (κ2) is 8.81. The Kier molecular flexibility index (Phi) is 6.46. The highest BCUT2D eigenvalue weighted by Crippen LogP contribution is 2.28.